The van der Waals surface area contributed by atoms with Crippen LogP contribution in [0.15, 0.2) is 30.7 Å². The third-order valence-corrected chi connectivity index (χ3v) is 2.17. The summed E-state index contributed by atoms with van der Waals surface area (Å²) in [6, 6.07) is 2.37. The van der Waals surface area contributed by atoms with Gasteiger partial charge in [-0.1, -0.05) is 11.6 Å². The maximum atomic E-state index is 12.3. The molecular weight excluding hydrogens is 243 g/mol. The summed E-state index contributed by atoms with van der Waals surface area (Å²) in [5.74, 6) is 0. The second kappa shape index (κ2) is 3.79. The molecular formula is C9H5ClF3N3. The summed E-state index contributed by atoms with van der Waals surface area (Å²) in [5, 5.41) is 3.63. The van der Waals surface area contributed by atoms with Crippen molar-refractivity contribution in [1.29, 1.82) is 0 Å². The van der Waals surface area contributed by atoms with Crippen LogP contribution >= 0.6 is 11.6 Å². The monoisotopic (exact) mass is 247 g/mol. The van der Waals surface area contributed by atoms with Gasteiger partial charge in [-0.3, -0.25) is 4.98 Å². The highest BCUT2D eigenvalue weighted by Crippen LogP contribution is 2.28. The van der Waals surface area contributed by atoms with Crippen LogP contribution < -0.4 is 0 Å². The summed E-state index contributed by atoms with van der Waals surface area (Å²) in [5.41, 5.74) is -0.604. The predicted molar refractivity (Wildman–Crippen MR) is 51.4 cm³/mol. The molecule has 0 spiro atoms. The van der Waals surface area contributed by atoms with Crippen molar-refractivity contribution in [2.45, 2.75) is 6.18 Å². The zero-order valence-electron chi connectivity index (χ0n) is 7.74. The quantitative estimate of drug-likeness (QED) is 0.776. The second-order valence-electron chi connectivity index (χ2n) is 2.97. The highest BCUT2D eigenvalue weighted by Gasteiger charge is 2.33. The molecule has 0 aliphatic carbocycles. The maximum Gasteiger partial charge on any atom is 0.435 e. The van der Waals surface area contributed by atoms with Crippen molar-refractivity contribution in [3.05, 3.63) is 41.4 Å². The Kier molecular flexibility index (Phi) is 2.59. The van der Waals surface area contributed by atoms with E-state index >= 15 is 0 Å². The fourth-order valence-electron chi connectivity index (χ4n) is 1.16. The van der Waals surface area contributed by atoms with Crippen molar-refractivity contribution in [2.75, 3.05) is 0 Å². The fraction of sp³-hybridized carbons (Fsp3) is 0.111. The highest BCUT2D eigenvalue weighted by atomic mass is 35.5. The molecule has 2 rings (SSSR count). The van der Waals surface area contributed by atoms with Gasteiger partial charge in [-0.05, 0) is 12.1 Å². The fourth-order valence-corrected chi connectivity index (χ4v) is 1.37. The van der Waals surface area contributed by atoms with Crippen LogP contribution in [0.4, 0.5) is 13.2 Å². The van der Waals surface area contributed by atoms with E-state index in [1.807, 2.05) is 0 Å². The van der Waals surface area contributed by atoms with Crippen LogP contribution in [0, 0.1) is 0 Å². The van der Waals surface area contributed by atoms with Crippen LogP contribution in [0.3, 0.4) is 0 Å². The van der Waals surface area contributed by atoms with E-state index in [1.165, 1.54) is 24.7 Å². The number of aromatic nitrogens is 3. The van der Waals surface area contributed by atoms with Crippen LogP contribution in [0.1, 0.15) is 5.69 Å². The van der Waals surface area contributed by atoms with Gasteiger partial charge in [0, 0.05) is 18.6 Å². The van der Waals surface area contributed by atoms with Crippen molar-refractivity contribution < 1.29 is 13.2 Å². The molecule has 0 fully saturated rings. The van der Waals surface area contributed by atoms with Crippen molar-refractivity contribution in [2.24, 2.45) is 0 Å². The largest absolute Gasteiger partial charge is 0.435 e. The Hall–Kier alpha value is -1.56. The zero-order chi connectivity index (χ0) is 11.8. The molecule has 0 saturated carbocycles. The molecule has 0 aromatic carbocycles. The van der Waals surface area contributed by atoms with E-state index in [0.717, 1.165) is 10.7 Å². The molecule has 0 bridgehead atoms. The molecule has 2 aromatic rings. The van der Waals surface area contributed by atoms with Crippen molar-refractivity contribution >= 4 is 11.6 Å². The third kappa shape index (κ3) is 2.01. The maximum absolute atomic E-state index is 12.3. The lowest BCUT2D eigenvalue weighted by atomic mass is 10.4. The number of pyridine rings is 1. The van der Waals surface area contributed by atoms with Gasteiger partial charge in [-0.25, -0.2) is 4.68 Å². The summed E-state index contributed by atoms with van der Waals surface area (Å²) >= 11 is 5.78. The van der Waals surface area contributed by atoms with E-state index in [2.05, 4.69) is 10.1 Å². The van der Waals surface area contributed by atoms with Crippen LogP contribution in [-0.2, 0) is 6.18 Å². The summed E-state index contributed by atoms with van der Waals surface area (Å²) in [6.45, 7) is 0. The van der Waals surface area contributed by atoms with E-state index in [4.69, 9.17) is 11.6 Å². The van der Waals surface area contributed by atoms with E-state index in [-0.39, 0.29) is 5.02 Å². The SMILES string of the molecule is FC(F)(F)c1ccn(-c2ccncc2Cl)n1. The molecule has 0 atom stereocenters. The van der Waals surface area contributed by atoms with Gasteiger partial charge in [0.15, 0.2) is 5.69 Å². The lowest BCUT2D eigenvalue weighted by molar-refractivity contribution is -0.141. The average molecular weight is 248 g/mol. The lowest BCUT2D eigenvalue weighted by Crippen LogP contribution is -2.07. The van der Waals surface area contributed by atoms with Gasteiger partial charge in [0.2, 0.25) is 0 Å². The minimum atomic E-state index is -4.45. The van der Waals surface area contributed by atoms with Gasteiger partial charge in [0.25, 0.3) is 0 Å². The number of hydrogen-bond acceptors (Lipinski definition) is 2. The van der Waals surface area contributed by atoms with Gasteiger partial charge < -0.3 is 0 Å². The lowest BCUT2D eigenvalue weighted by Gasteiger charge is -2.03. The summed E-state index contributed by atoms with van der Waals surface area (Å²) < 4.78 is 38.0. The van der Waals surface area contributed by atoms with Crippen LogP contribution in [0.2, 0.25) is 5.02 Å². The third-order valence-electron chi connectivity index (χ3n) is 1.88. The molecule has 0 aliphatic rings. The molecule has 7 heteroatoms. The number of rotatable bonds is 1. The Morgan fingerprint density at radius 3 is 2.56 bits per heavy atom. The molecule has 0 saturated heterocycles. The van der Waals surface area contributed by atoms with Gasteiger partial charge in [-0.2, -0.15) is 18.3 Å². The first-order valence-electron chi connectivity index (χ1n) is 4.21. The number of halogens is 4. The first-order valence-corrected chi connectivity index (χ1v) is 4.59. The Morgan fingerprint density at radius 1 is 1.25 bits per heavy atom. The zero-order valence-corrected chi connectivity index (χ0v) is 8.50. The van der Waals surface area contributed by atoms with Crippen molar-refractivity contribution in [3.63, 3.8) is 0 Å². The molecule has 84 valence electrons. The van der Waals surface area contributed by atoms with Crippen LogP contribution in [0.25, 0.3) is 5.69 Å². The van der Waals surface area contributed by atoms with E-state index in [1.54, 1.807) is 0 Å². The molecule has 0 amide bonds. The Morgan fingerprint density at radius 2 is 2.00 bits per heavy atom. The molecule has 0 N–H and O–H groups in total. The highest BCUT2D eigenvalue weighted by molar-refractivity contribution is 6.32. The first-order chi connectivity index (χ1) is 7.48. The molecule has 3 nitrogen and oxygen atoms in total. The molecule has 0 aliphatic heterocycles. The van der Waals surface area contributed by atoms with Crippen molar-refractivity contribution in [3.8, 4) is 5.69 Å². The van der Waals surface area contributed by atoms with Crippen LogP contribution in [0.5, 0.6) is 0 Å². The second-order valence-corrected chi connectivity index (χ2v) is 3.38. The van der Waals surface area contributed by atoms with Gasteiger partial charge in [-0.15, -0.1) is 0 Å². The molecule has 16 heavy (non-hydrogen) atoms. The number of hydrogen-bond donors (Lipinski definition) is 0. The normalized spacial score (nSPS) is 11.8. The number of nitrogens with zero attached hydrogens (tertiary/aromatic N) is 3. The first kappa shape index (κ1) is 10.9. The average Bonchev–Trinajstić information content (AvgIpc) is 2.66. The minimum Gasteiger partial charge on any atom is -0.263 e. The Bertz CT molecular complexity index is 507. The van der Waals surface area contributed by atoms with E-state index < -0.39 is 11.9 Å². The van der Waals surface area contributed by atoms with Crippen molar-refractivity contribution in [1.82, 2.24) is 14.8 Å². The van der Waals surface area contributed by atoms with Crippen LogP contribution in [-0.4, -0.2) is 14.8 Å². The predicted octanol–water partition coefficient (Wildman–Crippen LogP) is 2.94. The van der Waals surface area contributed by atoms with E-state index in [9.17, 15) is 13.2 Å². The minimum absolute atomic E-state index is 0.235. The molecule has 0 radical (unpaired) electrons. The van der Waals surface area contributed by atoms with Gasteiger partial charge in [0.1, 0.15) is 0 Å². The summed E-state index contributed by atoms with van der Waals surface area (Å²) in [4.78, 5) is 3.73. The standard InChI is InChI=1S/C9H5ClF3N3/c10-6-5-14-3-1-7(6)16-4-2-8(15-16)9(11,12)13/h1-5H. The van der Waals surface area contributed by atoms with E-state index in [0.29, 0.717) is 5.69 Å². The van der Waals surface area contributed by atoms with Gasteiger partial charge >= 0.3 is 6.18 Å². The number of alkyl halides is 3. The Labute approximate surface area is 93.5 Å². The molecule has 0 unspecified atom stereocenters. The van der Waals surface area contributed by atoms with Gasteiger partial charge in [0.05, 0.1) is 10.7 Å². The Balaban J connectivity index is 2.44. The smallest absolute Gasteiger partial charge is 0.263 e. The summed E-state index contributed by atoms with van der Waals surface area (Å²) in [7, 11) is 0. The topological polar surface area (TPSA) is 30.7 Å². The molecule has 2 aromatic heterocycles. The molecule has 2 heterocycles. The summed E-state index contributed by atoms with van der Waals surface area (Å²) in [6.07, 6.45) is -0.489.